The van der Waals surface area contributed by atoms with E-state index in [2.05, 4.69) is 10.3 Å². The molecule has 1 aliphatic heterocycles. The van der Waals surface area contributed by atoms with Crippen LogP contribution in [0, 0.1) is 6.92 Å². The van der Waals surface area contributed by atoms with Crippen LogP contribution in [0.3, 0.4) is 0 Å². The molecule has 0 aromatic carbocycles. The highest BCUT2D eigenvalue weighted by Crippen LogP contribution is 2.34. The normalized spacial score (nSPS) is 16.3. The average Bonchev–Trinajstić information content (AvgIpc) is 3.39. The van der Waals surface area contributed by atoms with Gasteiger partial charge in [0.15, 0.2) is 0 Å². The Balaban J connectivity index is 1.79. The van der Waals surface area contributed by atoms with E-state index in [0.29, 0.717) is 32.9 Å². The molecule has 4 rings (SSSR count). The first-order valence-electron chi connectivity index (χ1n) is 10.1. The number of carbonyl (C=O) groups excluding carboxylic acids is 1. The number of fused-ring (bicyclic) bond motifs is 1. The van der Waals surface area contributed by atoms with E-state index in [1.165, 1.54) is 21.6 Å². The Hall–Kier alpha value is -2.95. The first-order chi connectivity index (χ1) is 15.4. The van der Waals surface area contributed by atoms with Crippen LogP contribution in [0.2, 0.25) is 0 Å². The first kappa shape index (κ1) is 22.3. The number of aromatic nitrogens is 2. The highest BCUT2D eigenvalue weighted by Gasteiger charge is 2.33. The molecule has 1 aliphatic rings. The van der Waals surface area contributed by atoms with Crippen molar-refractivity contribution in [2.24, 2.45) is 0 Å². The van der Waals surface area contributed by atoms with Crippen molar-refractivity contribution in [3.8, 4) is 0 Å². The quantitative estimate of drug-likeness (QED) is 0.401. The number of carbonyl (C=O) groups is 1. The lowest BCUT2D eigenvalue weighted by Gasteiger charge is -2.17. The van der Waals surface area contributed by atoms with Gasteiger partial charge in [0, 0.05) is 6.20 Å². The molecule has 166 valence electrons. The zero-order valence-corrected chi connectivity index (χ0v) is 19.2. The zero-order chi connectivity index (χ0) is 22.8. The third-order valence-electron chi connectivity index (χ3n) is 5.18. The summed E-state index contributed by atoms with van der Waals surface area (Å²) < 4.78 is 7.17. The minimum Gasteiger partial charge on any atom is -0.467 e. The van der Waals surface area contributed by atoms with Gasteiger partial charge in [0.2, 0.25) is 0 Å². The Bertz CT molecular complexity index is 1260. The van der Waals surface area contributed by atoms with Crippen molar-refractivity contribution in [2.75, 3.05) is 11.9 Å². The molecular formula is C22H22N4O4S2. The largest absolute Gasteiger partial charge is 0.467 e. The number of pyridine rings is 1. The van der Waals surface area contributed by atoms with Crippen molar-refractivity contribution < 1.29 is 14.3 Å². The van der Waals surface area contributed by atoms with Gasteiger partial charge < -0.3 is 14.8 Å². The van der Waals surface area contributed by atoms with Gasteiger partial charge in [-0.05, 0) is 43.2 Å². The van der Waals surface area contributed by atoms with Crippen LogP contribution in [-0.2, 0) is 11.3 Å². The minimum atomic E-state index is -0.315. The molecule has 3 aromatic heterocycles. The third-order valence-corrected chi connectivity index (χ3v) is 6.56. The van der Waals surface area contributed by atoms with Crippen molar-refractivity contribution >= 4 is 51.7 Å². The number of nitrogens with one attached hydrogen (secondary N) is 1. The van der Waals surface area contributed by atoms with Gasteiger partial charge in [0.1, 0.15) is 21.5 Å². The number of nitrogens with zero attached hydrogens (tertiary/aromatic N) is 3. The number of thioether (sulfide) groups is 1. The van der Waals surface area contributed by atoms with Crippen molar-refractivity contribution in [1.29, 1.82) is 0 Å². The van der Waals surface area contributed by atoms with E-state index in [1.54, 1.807) is 24.4 Å². The number of aliphatic hydroxyl groups excluding tert-OH is 1. The molecule has 0 bridgehead atoms. The average molecular weight is 471 g/mol. The lowest BCUT2D eigenvalue weighted by atomic mass is 10.2. The summed E-state index contributed by atoms with van der Waals surface area (Å²) in [6.07, 6.45) is 5.34. The minimum absolute atomic E-state index is 0.115. The first-order valence-corrected chi connectivity index (χ1v) is 11.3. The Morgan fingerprint density at radius 2 is 2.16 bits per heavy atom. The van der Waals surface area contributed by atoms with Gasteiger partial charge in [-0.1, -0.05) is 37.0 Å². The van der Waals surface area contributed by atoms with E-state index >= 15 is 0 Å². The molecule has 1 saturated heterocycles. The van der Waals surface area contributed by atoms with Crippen LogP contribution in [0.4, 0.5) is 5.82 Å². The predicted octanol–water partition coefficient (Wildman–Crippen LogP) is 3.18. The third kappa shape index (κ3) is 4.21. The van der Waals surface area contributed by atoms with E-state index < -0.39 is 0 Å². The lowest BCUT2D eigenvalue weighted by Crippen LogP contribution is -2.28. The Kier molecular flexibility index (Phi) is 6.45. The van der Waals surface area contributed by atoms with Crippen LogP contribution in [0.25, 0.3) is 11.7 Å². The number of hydrogen-bond acceptors (Lipinski definition) is 8. The van der Waals surface area contributed by atoms with Crippen LogP contribution in [0.15, 0.2) is 50.8 Å². The smallest absolute Gasteiger partial charge is 0.267 e. The summed E-state index contributed by atoms with van der Waals surface area (Å²) >= 11 is 6.52. The maximum Gasteiger partial charge on any atom is 0.267 e. The van der Waals surface area contributed by atoms with Gasteiger partial charge in [-0.3, -0.25) is 18.9 Å². The van der Waals surface area contributed by atoms with Gasteiger partial charge in [0.05, 0.1) is 35.9 Å². The molecule has 32 heavy (non-hydrogen) atoms. The fraction of sp³-hybridized carbons (Fsp3) is 0.273. The summed E-state index contributed by atoms with van der Waals surface area (Å²) in [5.41, 5.74) is 1.26. The van der Waals surface area contributed by atoms with E-state index in [4.69, 9.17) is 16.6 Å². The van der Waals surface area contributed by atoms with Crippen molar-refractivity contribution in [3.63, 3.8) is 0 Å². The van der Waals surface area contributed by atoms with Crippen LogP contribution < -0.4 is 10.9 Å². The van der Waals surface area contributed by atoms with Crippen molar-refractivity contribution in [1.82, 2.24) is 14.3 Å². The molecule has 2 N–H and O–H groups in total. The second-order valence-corrected chi connectivity index (χ2v) is 9.02. The van der Waals surface area contributed by atoms with Crippen LogP contribution in [0.1, 0.15) is 30.2 Å². The molecule has 0 radical (unpaired) electrons. The summed E-state index contributed by atoms with van der Waals surface area (Å²) in [4.78, 5) is 32.8. The molecule has 1 unspecified atom stereocenters. The van der Waals surface area contributed by atoms with Crippen LogP contribution in [-0.4, -0.2) is 42.3 Å². The number of hydrogen-bond donors (Lipinski definition) is 2. The van der Waals surface area contributed by atoms with E-state index in [1.807, 2.05) is 19.9 Å². The molecule has 1 fully saturated rings. The topological polar surface area (TPSA) is 100 Å². The summed E-state index contributed by atoms with van der Waals surface area (Å²) in [5, 5.41) is 12.8. The molecule has 1 amide bonds. The monoisotopic (exact) mass is 470 g/mol. The highest BCUT2D eigenvalue weighted by atomic mass is 32.2. The number of amides is 1. The fourth-order valence-corrected chi connectivity index (χ4v) is 4.58. The highest BCUT2D eigenvalue weighted by molar-refractivity contribution is 8.26. The molecule has 0 saturated carbocycles. The number of anilines is 1. The summed E-state index contributed by atoms with van der Waals surface area (Å²) in [7, 11) is 0. The lowest BCUT2D eigenvalue weighted by molar-refractivity contribution is -0.122. The second kappa shape index (κ2) is 9.27. The number of aliphatic hydroxyl groups is 1. The Morgan fingerprint density at radius 1 is 1.34 bits per heavy atom. The number of aryl methyl sites for hydroxylation is 1. The molecule has 8 nitrogen and oxygen atoms in total. The standard InChI is InChI=1S/C22H22N4O4S2/c1-3-14(12-27)23-18-16(20(28)25-8-4-6-13(2)19(25)24-18)10-17-21(29)26(22(31)32-17)11-15-7-5-9-30-15/h4-10,14,23,27H,3,11-12H2,1-2H3/b17-10-. The van der Waals surface area contributed by atoms with Gasteiger partial charge in [-0.2, -0.15) is 0 Å². The molecule has 3 aromatic rings. The van der Waals surface area contributed by atoms with E-state index in [9.17, 15) is 14.7 Å². The van der Waals surface area contributed by atoms with Gasteiger partial charge in [0.25, 0.3) is 11.5 Å². The molecule has 10 heteroatoms. The molecule has 0 spiro atoms. The number of furan rings is 1. The van der Waals surface area contributed by atoms with Crippen LogP contribution in [0.5, 0.6) is 0 Å². The number of rotatable bonds is 7. The van der Waals surface area contributed by atoms with Crippen molar-refractivity contribution in [3.05, 3.63) is 68.9 Å². The van der Waals surface area contributed by atoms with Gasteiger partial charge in [-0.15, -0.1) is 0 Å². The van der Waals surface area contributed by atoms with E-state index in [-0.39, 0.29) is 36.2 Å². The Labute approximate surface area is 193 Å². The van der Waals surface area contributed by atoms with Crippen molar-refractivity contribution in [2.45, 2.75) is 32.9 Å². The molecule has 4 heterocycles. The summed E-state index contributed by atoms with van der Waals surface area (Å²) in [5.74, 6) is 0.633. The number of thiocarbonyl (C=S) groups is 1. The SMILES string of the molecule is CCC(CO)Nc1nc2c(C)cccn2c(=O)c1/C=C1\SC(=S)N(Cc2ccco2)C1=O. The summed E-state index contributed by atoms with van der Waals surface area (Å²) in [6, 6.07) is 6.87. The molecular weight excluding hydrogens is 448 g/mol. The molecule has 0 aliphatic carbocycles. The van der Waals surface area contributed by atoms with Gasteiger partial charge in [-0.25, -0.2) is 4.98 Å². The predicted molar refractivity (Wildman–Crippen MR) is 128 cm³/mol. The maximum atomic E-state index is 13.4. The second-order valence-electron chi connectivity index (χ2n) is 7.34. The molecule has 1 atom stereocenters. The summed E-state index contributed by atoms with van der Waals surface area (Å²) in [6.45, 7) is 3.90. The fourth-order valence-electron chi connectivity index (χ4n) is 3.35. The zero-order valence-electron chi connectivity index (χ0n) is 17.6. The Morgan fingerprint density at radius 3 is 2.84 bits per heavy atom. The van der Waals surface area contributed by atoms with E-state index in [0.717, 1.165) is 17.3 Å². The maximum absolute atomic E-state index is 13.4. The van der Waals surface area contributed by atoms with Gasteiger partial charge >= 0.3 is 0 Å². The van der Waals surface area contributed by atoms with Crippen LogP contribution >= 0.6 is 24.0 Å².